The van der Waals surface area contributed by atoms with E-state index in [4.69, 9.17) is 4.74 Å². The highest BCUT2D eigenvalue weighted by Crippen LogP contribution is 2.24. The van der Waals surface area contributed by atoms with Crippen molar-refractivity contribution in [1.82, 2.24) is 4.90 Å². The highest BCUT2D eigenvalue weighted by molar-refractivity contribution is 5.84. The van der Waals surface area contributed by atoms with Gasteiger partial charge in [0.25, 0.3) is 0 Å². The zero-order chi connectivity index (χ0) is 14.5. The molecule has 1 N–H and O–H groups in total. The van der Waals surface area contributed by atoms with Crippen LogP contribution in [0.4, 0.5) is 0 Å². The Morgan fingerprint density at radius 3 is 2.70 bits per heavy atom. The van der Waals surface area contributed by atoms with E-state index in [1.54, 1.807) is 7.11 Å². The fourth-order valence-corrected chi connectivity index (χ4v) is 2.52. The molecule has 0 saturated carbocycles. The number of methoxy groups -OCH3 is 1. The number of nitrogens with zero attached hydrogens (tertiary/aromatic N) is 1. The lowest BCUT2D eigenvalue weighted by Gasteiger charge is -2.34. The number of hydrogen-bond acceptors (Lipinski definition) is 3. The van der Waals surface area contributed by atoms with Crippen molar-refractivity contribution in [3.63, 3.8) is 0 Å². The van der Waals surface area contributed by atoms with Crippen molar-refractivity contribution in [2.24, 2.45) is 0 Å². The average molecular weight is 277 g/mol. The van der Waals surface area contributed by atoms with E-state index in [2.05, 4.69) is 0 Å². The van der Waals surface area contributed by atoms with Crippen LogP contribution in [-0.2, 0) is 27.3 Å². The maximum atomic E-state index is 12.2. The number of aliphatic carboxylic acids is 1. The SMILES string of the molecule is COCCCC(=O)N1Cc2ccccc2CC1C(=O)O. The van der Waals surface area contributed by atoms with Gasteiger partial charge in [0, 0.05) is 33.1 Å². The average Bonchev–Trinajstić information content (AvgIpc) is 2.46. The second kappa shape index (κ2) is 6.52. The molecule has 2 rings (SSSR count). The van der Waals surface area contributed by atoms with Crippen LogP contribution in [0.25, 0.3) is 0 Å². The third-order valence-corrected chi connectivity index (χ3v) is 3.59. The molecular formula is C15H19NO4. The zero-order valence-corrected chi connectivity index (χ0v) is 11.5. The summed E-state index contributed by atoms with van der Waals surface area (Å²) >= 11 is 0. The molecule has 5 heteroatoms. The molecule has 1 aromatic rings. The summed E-state index contributed by atoms with van der Waals surface area (Å²) in [6.45, 7) is 0.882. The number of hydrogen-bond donors (Lipinski definition) is 1. The Morgan fingerprint density at radius 1 is 1.35 bits per heavy atom. The van der Waals surface area contributed by atoms with Gasteiger partial charge in [0.2, 0.25) is 5.91 Å². The standard InChI is InChI=1S/C15H19NO4/c1-20-8-4-7-14(17)16-10-12-6-3-2-5-11(12)9-13(16)15(18)19/h2-3,5-6,13H,4,7-10H2,1H3,(H,18,19). The Labute approximate surface area is 118 Å². The summed E-state index contributed by atoms with van der Waals surface area (Å²) in [5.74, 6) is -1.07. The molecule has 108 valence electrons. The lowest BCUT2D eigenvalue weighted by Crippen LogP contribution is -2.48. The first-order chi connectivity index (χ1) is 9.63. The molecule has 0 spiro atoms. The van der Waals surface area contributed by atoms with Crippen LogP contribution in [0.15, 0.2) is 24.3 Å². The van der Waals surface area contributed by atoms with Crippen LogP contribution in [0.2, 0.25) is 0 Å². The Bertz CT molecular complexity index is 500. The largest absolute Gasteiger partial charge is 0.480 e. The van der Waals surface area contributed by atoms with E-state index in [1.807, 2.05) is 24.3 Å². The minimum Gasteiger partial charge on any atom is -0.480 e. The molecule has 1 aliphatic heterocycles. The molecule has 1 atom stereocenters. The van der Waals surface area contributed by atoms with Gasteiger partial charge in [-0.3, -0.25) is 4.79 Å². The van der Waals surface area contributed by atoms with Crippen LogP contribution in [0.1, 0.15) is 24.0 Å². The van der Waals surface area contributed by atoms with Gasteiger partial charge in [-0.1, -0.05) is 24.3 Å². The highest BCUT2D eigenvalue weighted by atomic mass is 16.5. The molecule has 0 fully saturated rings. The van der Waals surface area contributed by atoms with Crippen LogP contribution in [-0.4, -0.2) is 41.6 Å². The number of carboxylic acids is 1. The maximum absolute atomic E-state index is 12.2. The summed E-state index contributed by atoms with van der Waals surface area (Å²) in [4.78, 5) is 25.1. The van der Waals surface area contributed by atoms with E-state index in [1.165, 1.54) is 4.90 Å². The van der Waals surface area contributed by atoms with Gasteiger partial charge in [-0.15, -0.1) is 0 Å². The number of carbonyl (C=O) groups excluding carboxylic acids is 1. The molecule has 0 saturated heterocycles. The summed E-state index contributed by atoms with van der Waals surface area (Å²) in [5.41, 5.74) is 2.05. The number of carbonyl (C=O) groups is 2. The highest BCUT2D eigenvalue weighted by Gasteiger charge is 2.33. The van der Waals surface area contributed by atoms with Crippen LogP contribution in [0.3, 0.4) is 0 Å². The molecule has 0 bridgehead atoms. The molecule has 1 aromatic carbocycles. The van der Waals surface area contributed by atoms with Gasteiger partial charge < -0.3 is 14.7 Å². The predicted octanol–water partition coefficient (Wildman–Crippen LogP) is 1.45. The third-order valence-electron chi connectivity index (χ3n) is 3.59. The summed E-state index contributed by atoms with van der Waals surface area (Å²) in [7, 11) is 1.58. The molecule has 0 radical (unpaired) electrons. The Kier molecular flexibility index (Phi) is 4.74. The lowest BCUT2D eigenvalue weighted by atomic mass is 9.93. The van der Waals surface area contributed by atoms with Gasteiger partial charge in [-0.2, -0.15) is 0 Å². The Morgan fingerprint density at radius 2 is 2.05 bits per heavy atom. The van der Waals surface area contributed by atoms with E-state index in [0.717, 1.165) is 11.1 Å². The van der Waals surface area contributed by atoms with Crippen molar-refractivity contribution in [2.75, 3.05) is 13.7 Å². The van der Waals surface area contributed by atoms with Gasteiger partial charge in [0.15, 0.2) is 0 Å². The number of benzene rings is 1. The monoisotopic (exact) mass is 277 g/mol. The molecule has 1 heterocycles. The van der Waals surface area contributed by atoms with Gasteiger partial charge >= 0.3 is 5.97 Å². The molecule has 5 nitrogen and oxygen atoms in total. The quantitative estimate of drug-likeness (QED) is 0.827. The second-order valence-corrected chi connectivity index (χ2v) is 4.94. The second-order valence-electron chi connectivity index (χ2n) is 4.94. The first-order valence-electron chi connectivity index (χ1n) is 6.71. The minimum absolute atomic E-state index is 0.121. The molecule has 1 aliphatic rings. The number of fused-ring (bicyclic) bond motifs is 1. The van der Waals surface area contributed by atoms with Crippen LogP contribution in [0, 0.1) is 0 Å². The fourth-order valence-electron chi connectivity index (χ4n) is 2.52. The minimum atomic E-state index is -0.945. The maximum Gasteiger partial charge on any atom is 0.326 e. The molecule has 1 unspecified atom stereocenters. The van der Waals surface area contributed by atoms with E-state index in [0.29, 0.717) is 32.4 Å². The smallest absolute Gasteiger partial charge is 0.326 e. The Balaban J connectivity index is 2.13. The molecule has 1 amide bonds. The van der Waals surface area contributed by atoms with Crippen molar-refractivity contribution in [1.29, 1.82) is 0 Å². The van der Waals surface area contributed by atoms with Crippen molar-refractivity contribution >= 4 is 11.9 Å². The first kappa shape index (κ1) is 14.5. The van der Waals surface area contributed by atoms with Gasteiger partial charge in [-0.25, -0.2) is 4.79 Å². The van der Waals surface area contributed by atoms with Gasteiger partial charge in [0.1, 0.15) is 6.04 Å². The normalized spacial score (nSPS) is 17.6. The van der Waals surface area contributed by atoms with Gasteiger partial charge in [-0.05, 0) is 17.5 Å². The van der Waals surface area contributed by atoms with E-state index < -0.39 is 12.0 Å². The van der Waals surface area contributed by atoms with Crippen LogP contribution < -0.4 is 0 Å². The summed E-state index contributed by atoms with van der Waals surface area (Å²) in [6, 6.07) is 6.92. The summed E-state index contributed by atoms with van der Waals surface area (Å²) < 4.78 is 4.92. The molecular weight excluding hydrogens is 258 g/mol. The predicted molar refractivity (Wildman–Crippen MR) is 73.2 cm³/mol. The fraction of sp³-hybridized carbons (Fsp3) is 0.467. The van der Waals surface area contributed by atoms with Crippen LogP contribution >= 0.6 is 0 Å². The zero-order valence-electron chi connectivity index (χ0n) is 11.5. The number of carboxylic acid groups (broad SMARTS) is 1. The summed E-state index contributed by atoms with van der Waals surface area (Å²) in [6.07, 6.45) is 1.31. The topological polar surface area (TPSA) is 66.8 Å². The van der Waals surface area contributed by atoms with Crippen molar-refractivity contribution < 1.29 is 19.4 Å². The molecule has 0 aromatic heterocycles. The van der Waals surface area contributed by atoms with Gasteiger partial charge in [0.05, 0.1) is 0 Å². The van der Waals surface area contributed by atoms with E-state index in [-0.39, 0.29) is 5.91 Å². The van der Waals surface area contributed by atoms with Crippen molar-refractivity contribution in [3.8, 4) is 0 Å². The lowest BCUT2D eigenvalue weighted by molar-refractivity contribution is -0.151. The molecule has 20 heavy (non-hydrogen) atoms. The number of amides is 1. The Hall–Kier alpha value is -1.88. The first-order valence-corrected chi connectivity index (χ1v) is 6.71. The van der Waals surface area contributed by atoms with Crippen molar-refractivity contribution in [3.05, 3.63) is 35.4 Å². The van der Waals surface area contributed by atoms with E-state index >= 15 is 0 Å². The summed E-state index contributed by atoms with van der Waals surface area (Å²) in [5, 5.41) is 9.34. The third kappa shape index (κ3) is 3.17. The molecule has 0 aliphatic carbocycles. The van der Waals surface area contributed by atoms with Crippen LogP contribution in [0.5, 0.6) is 0 Å². The van der Waals surface area contributed by atoms with Crippen molar-refractivity contribution in [2.45, 2.75) is 31.8 Å². The number of rotatable bonds is 5. The van der Waals surface area contributed by atoms with E-state index in [9.17, 15) is 14.7 Å². The number of ether oxygens (including phenoxy) is 1.